The Morgan fingerprint density at radius 3 is 2.64 bits per heavy atom. The van der Waals surface area contributed by atoms with E-state index in [1.807, 2.05) is 30.3 Å². The molecular formula is C11H12NO2. The van der Waals surface area contributed by atoms with Crippen LogP contribution in [0.5, 0.6) is 0 Å². The van der Waals surface area contributed by atoms with Gasteiger partial charge in [-0.05, 0) is 12.5 Å². The molecule has 0 saturated carbocycles. The predicted octanol–water partition coefficient (Wildman–Crippen LogP) is 0.843. The van der Waals surface area contributed by atoms with E-state index in [4.69, 9.17) is 0 Å². The summed E-state index contributed by atoms with van der Waals surface area (Å²) in [6.07, 6.45) is 2.00. The lowest BCUT2D eigenvalue weighted by molar-refractivity contribution is -0.120. The third-order valence-electron chi connectivity index (χ3n) is 1.76. The van der Waals surface area contributed by atoms with Crippen molar-refractivity contribution in [2.45, 2.75) is 19.4 Å². The van der Waals surface area contributed by atoms with Crippen molar-refractivity contribution in [2.75, 3.05) is 0 Å². The summed E-state index contributed by atoms with van der Waals surface area (Å²) < 4.78 is 0. The monoisotopic (exact) mass is 190 g/mol. The first-order valence-corrected chi connectivity index (χ1v) is 4.43. The summed E-state index contributed by atoms with van der Waals surface area (Å²) in [4.78, 5) is 21.4. The van der Waals surface area contributed by atoms with Gasteiger partial charge in [0.25, 0.3) is 0 Å². The van der Waals surface area contributed by atoms with Crippen LogP contribution >= 0.6 is 0 Å². The molecule has 14 heavy (non-hydrogen) atoms. The van der Waals surface area contributed by atoms with Crippen molar-refractivity contribution in [1.29, 1.82) is 0 Å². The highest BCUT2D eigenvalue weighted by Gasteiger charge is 2.06. The van der Waals surface area contributed by atoms with E-state index in [0.717, 1.165) is 5.56 Å². The number of hydrogen-bond acceptors (Lipinski definition) is 2. The summed E-state index contributed by atoms with van der Waals surface area (Å²) in [6, 6.07) is 8.84. The second kappa shape index (κ2) is 5.17. The Labute approximate surface area is 83.1 Å². The third-order valence-corrected chi connectivity index (χ3v) is 1.76. The number of carbonyl (C=O) groups is 1. The fourth-order valence-electron chi connectivity index (χ4n) is 1.10. The van der Waals surface area contributed by atoms with E-state index >= 15 is 0 Å². The average molecular weight is 190 g/mol. The van der Waals surface area contributed by atoms with Crippen molar-refractivity contribution in [2.24, 2.45) is 0 Å². The molecule has 0 heterocycles. The second-order valence-electron chi connectivity index (χ2n) is 3.07. The Bertz CT molecular complexity index is 308. The van der Waals surface area contributed by atoms with E-state index in [1.165, 1.54) is 0 Å². The first-order valence-electron chi connectivity index (χ1n) is 4.43. The van der Waals surface area contributed by atoms with Crippen LogP contribution in [-0.2, 0) is 16.0 Å². The number of hydrogen-bond donors (Lipinski definition) is 1. The minimum Gasteiger partial charge on any atom is -0.346 e. The Hall–Kier alpha value is -1.64. The van der Waals surface area contributed by atoms with E-state index < -0.39 is 6.04 Å². The largest absolute Gasteiger partial charge is 0.346 e. The quantitative estimate of drug-likeness (QED) is 0.764. The maximum absolute atomic E-state index is 11.3. The van der Waals surface area contributed by atoms with Crippen molar-refractivity contribution in [3.05, 3.63) is 35.9 Å². The molecule has 1 aromatic rings. The van der Waals surface area contributed by atoms with Crippen LogP contribution < -0.4 is 5.32 Å². The van der Waals surface area contributed by atoms with Crippen LogP contribution in [0, 0.1) is 0 Å². The summed E-state index contributed by atoms with van der Waals surface area (Å²) in [6.45, 7) is 1.59. The van der Waals surface area contributed by atoms with Gasteiger partial charge in [-0.25, -0.2) is 0 Å². The van der Waals surface area contributed by atoms with Gasteiger partial charge in [-0.1, -0.05) is 30.3 Å². The lowest BCUT2D eigenvalue weighted by Crippen LogP contribution is -2.34. The van der Waals surface area contributed by atoms with Gasteiger partial charge < -0.3 is 5.32 Å². The van der Waals surface area contributed by atoms with Gasteiger partial charge in [-0.3, -0.25) is 9.59 Å². The molecular weight excluding hydrogens is 178 g/mol. The standard InChI is InChI=1S/C11H12NO2/c1-9(8-13)12-11(14)7-10-5-3-2-4-6-10/h2-6,9H,7H2,1H3,(H,12,14)/t9-/m0/s1. The topological polar surface area (TPSA) is 46.2 Å². The first-order chi connectivity index (χ1) is 6.72. The van der Waals surface area contributed by atoms with Crippen molar-refractivity contribution < 1.29 is 9.59 Å². The van der Waals surface area contributed by atoms with Gasteiger partial charge in [-0.15, -0.1) is 0 Å². The minimum absolute atomic E-state index is 0.160. The van der Waals surface area contributed by atoms with Gasteiger partial charge in [0.1, 0.15) is 0 Å². The van der Waals surface area contributed by atoms with Crippen molar-refractivity contribution in [1.82, 2.24) is 5.32 Å². The summed E-state index contributed by atoms with van der Waals surface area (Å²) >= 11 is 0. The molecule has 0 aliphatic heterocycles. The third kappa shape index (κ3) is 3.39. The zero-order valence-electron chi connectivity index (χ0n) is 7.99. The summed E-state index contributed by atoms with van der Waals surface area (Å²) in [7, 11) is 0. The highest BCUT2D eigenvalue weighted by atomic mass is 16.2. The molecule has 1 radical (unpaired) electrons. The number of carbonyl (C=O) groups excluding carboxylic acids is 2. The SMILES string of the molecule is C[C@@H]([C]=O)NC(=O)Cc1ccccc1. The smallest absolute Gasteiger partial charge is 0.225 e. The maximum Gasteiger partial charge on any atom is 0.225 e. The molecule has 73 valence electrons. The van der Waals surface area contributed by atoms with Crippen molar-refractivity contribution >= 4 is 12.2 Å². The molecule has 1 atom stereocenters. The van der Waals surface area contributed by atoms with Gasteiger partial charge in [0.15, 0.2) is 0 Å². The molecule has 1 rings (SSSR count). The number of amides is 1. The molecule has 1 aromatic carbocycles. The van der Waals surface area contributed by atoms with Gasteiger partial charge >= 0.3 is 0 Å². The van der Waals surface area contributed by atoms with Gasteiger partial charge in [0.2, 0.25) is 12.2 Å². The van der Waals surface area contributed by atoms with Crippen LogP contribution in [-0.4, -0.2) is 18.2 Å². The zero-order chi connectivity index (χ0) is 10.4. The van der Waals surface area contributed by atoms with Gasteiger partial charge in [0, 0.05) is 0 Å². The van der Waals surface area contributed by atoms with E-state index in [0.29, 0.717) is 6.42 Å². The molecule has 0 aliphatic rings. The fraction of sp³-hybridized carbons (Fsp3) is 0.273. The molecule has 0 saturated heterocycles. The van der Waals surface area contributed by atoms with Crippen LogP contribution in [0.4, 0.5) is 0 Å². The molecule has 0 aliphatic carbocycles. The Kier molecular flexibility index (Phi) is 3.85. The molecule has 1 N–H and O–H groups in total. The summed E-state index contributed by atoms with van der Waals surface area (Å²) in [5, 5.41) is 2.52. The lowest BCUT2D eigenvalue weighted by atomic mass is 10.1. The van der Waals surface area contributed by atoms with Crippen LogP contribution in [0.25, 0.3) is 0 Å². The molecule has 0 unspecified atom stereocenters. The highest BCUT2D eigenvalue weighted by Crippen LogP contribution is 1.99. The van der Waals surface area contributed by atoms with E-state index in [9.17, 15) is 9.59 Å². The number of benzene rings is 1. The zero-order valence-corrected chi connectivity index (χ0v) is 7.99. The average Bonchev–Trinajstić information content (AvgIpc) is 2.19. The molecule has 1 amide bonds. The van der Waals surface area contributed by atoms with Gasteiger partial charge in [-0.2, -0.15) is 0 Å². The number of nitrogens with one attached hydrogen (secondary N) is 1. The molecule has 3 nitrogen and oxygen atoms in total. The van der Waals surface area contributed by atoms with E-state index in [-0.39, 0.29) is 5.91 Å². The maximum atomic E-state index is 11.3. The van der Waals surface area contributed by atoms with Crippen LogP contribution in [0.15, 0.2) is 30.3 Å². The lowest BCUT2D eigenvalue weighted by Gasteiger charge is -2.06. The minimum atomic E-state index is -0.536. The van der Waals surface area contributed by atoms with Crippen molar-refractivity contribution in [3.8, 4) is 0 Å². The normalized spacial score (nSPS) is 11.8. The summed E-state index contributed by atoms with van der Waals surface area (Å²) in [5.41, 5.74) is 0.933. The molecule has 0 fully saturated rings. The Balaban J connectivity index is 2.46. The van der Waals surface area contributed by atoms with Gasteiger partial charge in [0.05, 0.1) is 12.5 Å². The van der Waals surface area contributed by atoms with Crippen LogP contribution in [0.3, 0.4) is 0 Å². The molecule has 3 heteroatoms. The second-order valence-corrected chi connectivity index (χ2v) is 3.07. The van der Waals surface area contributed by atoms with Crippen molar-refractivity contribution in [3.63, 3.8) is 0 Å². The van der Waals surface area contributed by atoms with Crippen LogP contribution in [0.1, 0.15) is 12.5 Å². The highest BCUT2D eigenvalue weighted by molar-refractivity contribution is 5.81. The first kappa shape index (κ1) is 10.4. The predicted molar refractivity (Wildman–Crippen MR) is 53.4 cm³/mol. The molecule has 0 bridgehead atoms. The van der Waals surface area contributed by atoms with E-state index in [2.05, 4.69) is 5.32 Å². The molecule has 0 aromatic heterocycles. The van der Waals surface area contributed by atoms with E-state index in [1.54, 1.807) is 13.2 Å². The Morgan fingerprint density at radius 2 is 2.07 bits per heavy atom. The van der Waals surface area contributed by atoms with Crippen LogP contribution in [0.2, 0.25) is 0 Å². The Morgan fingerprint density at radius 1 is 1.43 bits per heavy atom. The molecule has 0 spiro atoms. The fourth-order valence-corrected chi connectivity index (χ4v) is 1.10. The summed E-state index contributed by atoms with van der Waals surface area (Å²) in [5.74, 6) is -0.160. The number of rotatable bonds is 4.